The molecule has 0 N–H and O–H groups in total. The topological polar surface area (TPSA) is 61.8 Å². The third kappa shape index (κ3) is 3.68. The van der Waals surface area contributed by atoms with E-state index in [1.54, 1.807) is 0 Å². The van der Waals surface area contributed by atoms with E-state index in [0.717, 1.165) is 39.2 Å². The summed E-state index contributed by atoms with van der Waals surface area (Å²) < 4.78 is 70.3. The predicted octanol–water partition coefficient (Wildman–Crippen LogP) is 5.24. The number of halogens is 2. The number of ether oxygens (including phenoxy) is 2. The summed E-state index contributed by atoms with van der Waals surface area (Å²) in [5.41, 5.74) is 0. The Morgan fingerprint density at radius 1 is 0.903 bits per heavy atom. The van der Waals surface area contributed by atoms with Crippen LogP contribution in [0.5, 0.6) is 0 Å². The normalized spacial score (nSPS) is 39.1. The largest absolute Gasteiger partial charge is 0.370 e. The molecule has 1 aliphatic heterocycles. The lowest BCUT2D eigenvalue weighted by Gasteiger charge is -2.46. The molecule has 0 amide bonds. The van der Waals surface area contributed by atoms with Gasteiger partial charge in [0, 0.05) is 18.3 Å². The van der Waals surface area contributed by atoms with Gasteiger partial charge in [-0.2, -0.15) is 17.2 Å². The zero-order chi connectivity index (χ0) is 21.9. The van der Waals surface area contributed by atoms with Gasteiger partial charge in [0.1, 0.15) is 0 Å². The van der Waals surface area contributed by atoms with Crippen LogP contribution in [0, 0.1) is 29.6 Å². The van der Waals surface area contributed by atoms with E-state index in [-0.39, 0.29) is 30.0 Å². The summed E-state index contributed by atoms with van der Waals surface area (Å²) in [7, 11) is -4.08. The second kappa shape index (κ2) is 8.17. The van der Waals surface area contributed by atoms with Crippen molar-refractivity contribution in [3.63, 3.8) is 0 Å². The second-order valence-electron chi connectivity index (χ2n) is 10.7. The van der Waals surface area contributed by atoms with Crippen molar-refractivity contribution in [1.29, 1.82) is 0 Å². The summed E-state index contributed by atoms with van der Waals surface area (Å²) in [6.45, 7) is 0. The molecule has 1 saturated heterocycles. The maximum atomic E-state index is 14.5. The molecule has 178 valence electrons. The van der Waals surface area contributed by atoms with E-state index in [2.05, 4.69) is 4.18 Å². The van der Waals surface area contributed by atoms with Crippen LogP contribution in [0.3, 0.4) is 0 Å². The maximum Gasteiger partial charge on any atom is 0.370 e. The van der Waals surface area contributed by atoms with Crippen molar-refractivity contribution in [2.24, 2.45) is 29.6 Å². The average molecular weight is 463 g/mol. The van der Waals surface area contributed by atoms with E-state index >= 15 is 0 Å². The van der Waals surface area contributed by atoms with Crippen molar-refractivity contribution < 1.29 is 30.9 Å². The third-order valence-electron chi connectivity index (χ3n) is 9.07. The minimum atomic E-state index is -4.89. The van der Waals surface area contributed by atoms with Gasteiger partial charge in [-0.3, -0.25) is 4.18 Å². The monoisotopic (exact) mass is 462 g/mol. The van der Waals surface area contributed by atoms with Crippen LogP contribution in [0.4, 0.5) is 8.78 Å². The third-order valence-corrected chi connectivity index (χ3v) is 10.4. The van der Waals surface area contributed by atoms with Gasteiger partial charge < -0.3 is 9.47 Å². The number of hydrogen-bond acceptors (Lipinski definition) is 5. The zero-order valence-electron chi connectivity index (χ0n) is 18.4. The molecule has 0 radical (unpaired) electrons. The van der Waals surface area contributed by atoms with Gasteiger partial charge >= 0.3 is 15.4 Å². The quantitative estimate of drug-likeness (QED) is 0.505. The molecule has 5 fully saturated rings. The highest BCUT2D eigenvalue weighted by Crippen LogP contribution is 2.62. The van der Waals surface area contributed by atoms with Crippen LogP contribution in [0.1, 0.15) is 83.5 Å². The van der Waals surface area contributed by atoms with E-state index < -0.39 is 27.6 Å². The highest BCUT2D eigenvalue weighted by Gasteiger charge is 2.66. The lowest BCUT2D eigenvalue weighted by molar-refractivity contribution is -0.263. The van der Waals surface area contributed by atoms with E-state index in [0.29, 0.717) is 18.3 Å². The van der Waals surface area contributed by atoms with Gasteiger partial charge in [-0.25, -0.2) is 0 Å². The Balaban J connectivity index is 1.37. The number of alkyl halides is 2. The van der Waals surface area contributed by atoms with Gasteiger partial charge in [-0.1, -0.05) is 38.5 Å². The van der Waals surface area contributed by atoms with Gasteiger partial charge in [0.15, 0.2) is 5.79 Å². The molecule has 0 aromatic carbocycles. The molecule has 4 aliphatic carbocycles. The Kier molecular flexibility index (Phi) is 5.93. The minimum Gasteiger partial charge on any atom is -0.343 e. The molecule has 5 aliphatic rings. The van der Waals surface area contributed by atoms with Crippen LogP contribution in [-0.2, 0) is 23.8 Å². The fourth-order valence-electron chi connectivity index (χ4n) is 7.65. The summed E-state index contributed by atoms with van der Waals surface area (Å²) >= 11 is 0. The lowest BCUT2D eigenvalue weighted by Crippen LogP contribution is -2.49. The summed E-state index contributed by atoms with van der Waals surface area (Å²) in [5, 5.41) is -3.87. The van der Waals surface area contributed by atoms with Crippen LogP contribution >= 0.6 is 0 Å². The maximum absolute atomic E-state index is 14.5. The Hall–Kier alpha value is -0.310. The first-order valence-electron chi connectivity index (χ1n) is 12.3. The minimum absolute atomic E-state index is 0.0160. The predicted molar refractivity (Wildman–Crippen MR) is 111 cm³/mol. The zero-order valence-corrected chi connectivity index (χ0v) is 19.3. The number of rotatable bonds is 6. The number of fused-ring (bicyclic) bond motifs is 5. The molecular weight excluding hydrogens is 426 g/mol. The molecule has 0 aromatic rings. The van der Waals surface area contributed by atoms with Gasteiger partial charge in [0.2, 0.25) is 0 Å². The smallest absolute Gasteiger partial charge is 0.343 e. The van der Waals surface area contributed by atoms with Crippen LogP contribution < -0.4 is 0 Å². The van der Waals surface area contributed by atoms with E-state index in [1.165, 1.54) is 38.5 Å². The van der Waals surface area contributed by atoms with Gasteiger partial charge in [-0.05, 0) is 56.3 Å². The molecule has 31 heavy (non-hydrogen) atoms. The molecule has 0 aromatic heterocycles. The Labute approximate surface area is 184 Å². The van der Waals surface area contributed by atoms with E-state index in [4.69, 9.17) is 9.47 Å². The fraction of sp³-hybridized carbons (Fsp3) is 1.00. The van der Waals surface area contributed by atoms with E-state index in [1.807, 2.05) is 0 Å². The molecule has 4 saturated carbocycles. The molecular formula is C23H36F2O5S. The molecule has 5 unspecified atom stereocenters. The summed E-state index contributed by atoms with van der Waals surface area (Å²) in [6, 6.07) is 0. The summed E-state index contributed by atoms with van der Waals surface area (Å²) in [4.78, 5) is 0. The summed E-state index contributed by atoms with van der Waals surface area (Å²) in [6.07, 6.45) is 12.4. The molecule has 5 rings (SSSR count). The lowest BCUT2D eigenvalue weighted by atomic mass is 9.72. The standard InChI is InChI=1S/C23H36F2O5S/c1-28-31(26,27)22(24,25)14-16-12-15-13-19(16)21-20(15)29-23(30-21,17-8-4-2-5-9-17)18-10-6-3-7-11-18/h15-21H,2-14H2,1H3. The number of hydrogen-bond donors (Lipinski definition) is 0. The van der Waals surface area contributed by atoms with Crippen molar-refractivity contribution in [3.05, 3.63) is 0 Å². The summed E-state index contributed by atoms with van der Waals surface area (Å²) in [5.74, 6) is -0.00470. The van der Waals surface area contributed by atoms with Crippen molar-refractivity contribution >= 4 is 10.1 Å². The van der Waals surface area contributed by atoms with Gasteiger partial charge in [-0.15, -0.1) is 0 Å². The average Bonchev–Trinajstić information content (AvgIpc) is 3.45. The first kappa shape index (κ1) is 22.5. The van der Waals surface area contributed by atoms with Crippen molar-refractivity contribution in [2.45, 2.75) is 107 Å². The molecule has 5 atom stereocenters. The van der Waals surface area contributed by atoms with Crippen LogP contribution in [0.2, 0.25) is 0 Å². The molecule has 1 heterocycles. The first-order chi connectivity index (χ1) is 14.8. The second-order valence-corrected chi connectivity index (χ2v) is 12.5. The Morgan fingerprint density at radius 2 is 1.45 bits per heavy atom. The van der Waals surface area contributed by atoms with Crippen molar-refractivity contribution in [1.82, 2.24) is 0 Å². The van der Waals surface area contributed by atoms with Crippen LogP contribution in [0.25, 0.3) is 0 Å². The van der Waals surface area contributed by atoms with Crippen LogP contribution in [-0.4, -0.2) is 38.8 Å². The van der Waals surface area contributed by atoms with Crippen molar-refractivity contribution in [2.75, 3.05) is 7.11 Å². The molecule has 2 bridgehead atoms. The van der Waals surface area contributed by atoms with E-state index in [9.17, 15) is 17.2 Å². The first-order valence-corrected chi connectivity index (χ1v) is 13.7. The molecule has 0 spiro atoms. The fourth-order valence-corrected chi connectivity index (χ4v) is 8.31. The highest BCUT2D eigenvalue weighted by molar-refractivity contribution is 7.87. The Bertz CT molecular complexity index is 742. The van der Waals surface area contributed by atoms with Crippen LogP contribution in [0.15, 0.2) is 0 Å². The van der Waals surface area contributed by atoms with Crippen molar-refractivity contribution in [3.8, 4) is 0 Å². The van der Waals surface area contributed by atoms with Gasteiger partial charge in [0.05, 0.1) is 19.3 Å². The highest BCUT2D eigenvalue weighted by atomic mass is 32.2. The SMILES string of the molecule is COS(=O)(=O)C(F)(F)CC1CC2CC1C1OC(C3CCCCC3)(C3CCCCC3)OC21. The molecule has 5 nitrogen and oxygen atoms in total. The Morgan fingerprint density at radius 3 is 2.00 bits per heavy atom. The molecule has 8 heteroatoms. The van der Waals surface area contributed by atoms with Gasteiger partial charge in [0.25, 0.3) is 0 Å².